The number of piperidine rings is 1. The lowest BCUT2D eigenvalue weighted by atomic mass is 9.76. The molecule has 28 heavy (non-hydrogen) atoms. The van der Waals surface area contributed by atoms with Crippen LogP contribution in [0.3, 0.4) is 0 Å². The van der Waals surface area contributed by atoms with Crippen molar-refractivity contribution in [1.82, 2.24) is 14.3 Å². The summed E-state index contributed by atoms with van der Waals surface area (Å²) < 4.78 is 25.5. The number of benzene rings is 1. The van der Waals surface area contributed by atoms with Gasteiger partial charge in [-0.05, 0) is 32.6 Å². The Hall–Kier alpha value is -1.99. The van der Waals surface area contributed by atoms with Crippen LogP contribution in [-0.4, -0.2) is 55.6 Å². The van der Waals surface area contributed by atoms with Crippen LogP contribution < -0.4 is 4.90 Å². The second-order valence-corrected chi connectivity index (χ2v) is 10.0. The van der Waals surface area contributed by atoms with Crippen LogP contribution in [0, 0.1) is 0 Å². The Bertz CT molecular complexity index is 967. The van der Waals surface area contributed by atoms with E-state index in [0.717, 1.165) is 55.1 Å². The molecule has 1 spiro atoms. The first-order valence-electron chi connectivity index (χ1n) is 9.97. The van der Waals surface area contributed by atoms with Gasteiger partial charge in [-0.2, -0.15) is 0 Å². The highest BCUT2D eigenvalue weighted by atomic mass is 32.2. The summed E-state index contributed by atoms with van der Waals surface area (Å²) in [6.07, 6.45) is 4.94. The first kappa shape index (κ1) is 19.3. The van der Waals surface area contributed by atoms with E-state index in [9.17, 15) is 8.42 Å². The molecule has 2 aromatic rings. The second-order valence-electron chi connectivity index (χ2n) is 8.02. The van der Waals surface area contributed by atoms with Gasteiger partial charge in [0.2, 0.25) is 10.0 Å². The maximum Gasteiger partial charge on any atom is 0.211 e. The Morgan fingerprint density at radius 2 is 1.79 bits per heavy atom. The van der Waals surface area contributed by atoms with Crippen LogP contribution in [-0.2, 0) is 21.9 Å². The minimum Gasteiger partial charge on any atom is -0.360 e. The van der Waals surface area contributed by atoms with Gasteiger partial charge in [-0.15, -0.1) is 0 Å². The van der Waals surface area contributed by atoms with Gasteiger partial charge < -0.3 is 4.90 Å². The van der Waals surface area contributed by atoms with Crippen molar-refractivity contribution >= 4 is 15.8 Å². The predicted molar refractivity (Wildman–Crippen MR) is 112 cm³/mol. The molecule has 0 N–H and O–H groups in total. The smallest absolute Gasteiger partial charge is 0.211 e. The molecule has 1 aromatic carbocycles. The number of hydrogen-bond donors (Lipinski definition) is 0. The van der Waals surface area contributed by atoms with E-state index in [1.54, 1.807) is 4.31 Å². The highest BCUT2D eigenvalue weighted by Crippen LogP contribution is 2.48. The lowest BCUT2D eigenvalue weighted by Gasteiger charge is -2.38. The van der Waals surface area contributed by atoms with Gasteiger partial charge >= 0.3 is 0 Å². The molecular weight excluding hydrogens is 372 g/mol. The fraction of sp³-hybridized carbons (Fsp3) is 0.524. The zero-order chi connectivity index (χ0) is 19.9. The monoisotopic (exact) mass is 400 g/mol. The standard InChI is InChI=1S/C21H28N4O2S/c1-4-24(2)20-17-10-11-21(12-14-25(15-13-21)28(3,26)27)18(17)22-19(23-20)16-8-6-5-7-9-16/h5-9H,4,10-15H2,1-3H3. The molecule has 0 bridgehead atoms. The van der Waals surface area contributed by atoms with Crippen molar-refractivity contribution in [2.24, 2.45) is 0 Å². The molecule has 1 fully saturated rings. The molecule has 0 atom stereocenters. The molecule has 150 valence electrons. The number of anilines is 1. The first-order valence-corrected chi connectivity index (χ1v) is 11.8. The molecule has 1 aliphatic carbocycles. The molecule has 0 amide bonds. The normalized spacial score (nSPS) is 19.0. The summed E-state index contributed by atoms with van der Waals surface area (Å²) in [6.45, 7) is 4.16. The van der Waals surface area contributed by atoms with E-state index in [1.807, 2.05) is 30.3 Å². The molecule has 4 rings (SSSR count). The van der Waals surface area contributed by atoms with Gasteiger partial charge in [0.1, 0.15) is 5.82 Å². The average molecular weight is 401 g/mol. The van der Waals surface area contributed by atoms with Gasteiger partial charge in [-0.25, -0.2) is 22.7 Å². The van der Waals surface area contributed by atoms with E-state index in [-0.39, 0.29) is 5.41 Å². The molecule has 1 saturated heterocycles. The first-order chi connectivity index (χ1) is 13.3. The summed E-state index contributed by atoms with van der Waals surface area (Å²) in [7, 11) is -1.06. The van der Waals surface area contributed by atoms with Crippen molar-refractivity contribution in [2.75, 3.05) is 37.8 Å². The Labute approximate surface area is 167 Å². The number of nitrogens with zero attached hydrogens (tertiary/aromatic N) is 4. The van der Waals surface area contributed by atoms with Crippen molar-refractivity contribution in [3.63, 3.8) is 0 Å². The van der Waals surface area contributed by atoms with Gasteiger partial charge in [0.15, 0.2) is 5.82 Å². The van der Waals surface area contributed by atoms with Crippen molar-refractivity contribution in [3.05, 3.63) is 41.6 Å². The van der Waals surface area contributed by atoms with E-state index >= 15 is 0 Å². The molecular formula is C21H28N4O2S. The van der Waals surface area contributed by atoms with Crippen LogP contribution in [0.2, 0.25) is 0 Å². The molecule has 0 saturated carbocycles. The van der Waals surface area contributed by atoms with E-state index in [0.29, 0.717) is 13.1 Å². The number of hydrogen-bond acceptors (Lipinski definition) is 5. The topological polar surface area (TPSA) is 66.4 Å². The molecule has 7 heteroatoms. The Balaban J connectivity index is 1.78. The second kappa shape index (κ2) is 7.12. The third-order valence-electron chi connectivity index (χ3n) is 6.36. The molecule has 1 aromatic heterocycles. The van der Waals surface area contributed by atoms with Crippen LogP contribution in [0.1, 0.15) is 37.4 Å². The van der Waals surface area contributed by atoms with Gasteiger partial charge in [0, 0.05) is 43.2 Å². The Morgan fingerprint density at radius 1 is 1.11 bits per heavy atom. The van der Waals surface area contributed by atoms with Gasteiger partial charge in [0.05, 0.1) is 11.9 Å². The number of fused-ring (bicyclic) bond motifs is 2. The van der Waals surface area contributed by atoms with Crippen molar-refractivity contribution in [3.8, 4) is 11.4 Å². The van der Waals surface area contributed by atoms with Crippen LogP contribution in [0.4, 0.5) is 5.82 Å². The maximum atomic E-state index is 12.0. The molecule has 0 unspecified atom stereocenters. The fourth-order valence-corrected chi connectivity index (χ4v) is 5.38. The summed E-state index contributed by atoms with van der Waals surface area (Å²) in [5, 5.41) is 0. The molecule has 0 radical (unpaired) electrons. The highest BCUT2D eigenvalue weighted by Gasteiger charge is 2.45. The Morgan fingerprint density at radius 3 is 2.39 bits per heavy atom. The predicted octanol–water partition coefficient (Wildman–Crippen LogP) is 2.84. The number of sulfonamides is 1. The SMILES string of the molecule is CCN(C)c1nc(-c2ccccc2)nc2c1CCC21CCN(S(C)(=O)=O)CC1. The summed E-state index contributed by atoms with van der Waals surface area (Å²) >= 11 is 0. The molecule has 1 aliphatic heterocycles. The summed E-state index contributed by atoms with van der Waals surface area (Å²) in [5.74, 6) is 1.79. The zero-order valence-electron chi connectivity index (χ0n) is 16.9. The lowest BCUT2D eigenvalue weighted by molar-refractivity contribution is 0.229. The minimum absolute atomic E-state index is 0.0354. The van der Waals surface area contributed by atoms with Gasteiger partial charge in [-0.1, -0.05) is 30.3 Å². The van der Waals surface area contributed by atoms with E-state index in [4.69, 9.17) is 9.97 Å². The fourth-order valence-electron chi connectivity index (χ4n) is 4.54. The molecule has 2 heterocycles. The maximum absolute atomic E-state index is 12.0. The average Bonchev–Trinajstić information content (AvgIpc) is 3.05. The van der Waals surface area contributed by atoms with Crippen molar-refractivity contribution in [1.29, 1.82) is 0 Å². The van der Waals surface area contributed by atoms with E-state index < -0.39 is 10.0 Å². The van der Waals surface area contributed by atoms with Crippen molar-refractivity contribution in [2.45, 2.75) is 38.0 Å². The number of rotatable bonds is 4. The third kappa shape index (κ3) is 3.31. The van der Waals surface area contributed by atoms with Crippen LogP contribution in [0.5, 0.6) is 0 Å². The molecule has 6 nitrogen and oxygen atoms in total. The minimum atomic E-state index is -3.13. The zero-order valence-corrected chi connectivity index (χ0v) is 17.7. The van der Waals surface area contributed by atoms with Crippen molar-refractivity contribution < 1.29 is 8.42 Å². The summed E-state index contributed by atoms with van der Waals surface area (Å²) in [4.78, 5) is 12.2. The lowest BCUT2D eigenvalue weighted by Crippen LogP contribution is -2.44. The third-order valence-corrected chi connectivity index (χ3v) is 7.66. The van der Waals surface area contributed by atoms with Gasteiger partial charge in [0.25, 0.3) is 0 Å². The van der Waals surface area contributed by atoms with Crippen LogP contribution >= 0.6 is 0 Å². The van der Waals surface area contributed by atoms with Crippen LogP contribution in [0.25, 0.3) is 11.4 Å². The summed E-state index contributed by atoms with van der Waals surface area (Å²) in [6, 6.07) is 10.1. The van der Waals surface area contributed by atoms with E-state index in [2.05, 4.69) is 18.9 Å². The quantitative estimate of drug-likeness (QED) is 0.790. The number of aromatic nitrogens is 2. The summed E-state index contributed by atoms with van der Waals surface area (Å²) in [5.41, 5.74) is 3.38. The van der Waals surface area contributed by atoms with Crippen LogP contribution in [0.15, 0.2) is 30.3 Å². The molecule has 2 aliphatic rings. The van der Waals surface area contributed by atoms with E-state index in [1.165, 1.54) is 11.8 Å². The Kier molecular flexibility index (Phi) is 4.91. The largest absolute Gasteiger partial charge is 0.360 e. The van der Waals surface area contributed by atoms with Gasteiger partial charge in [-0.3, -0.25) is 0 Å². The highest BCUT2D eigenvalue weighted by molar-refractivity contribution is 7.88.